The van der Waals surface area contributed by atoms with Gasteiger partial charge in [0.15, 0.2) is 0 Å². The van der Waals surface area contributed by atoms with Gasteiger partial charge in [0.2, 0.25) is 0 Å². The van der Waals surface area contributed by atoms with Crippen LogP contribution in [0.15, 0.2) is 18.2 Å². The minimum absolute atomic E-state index is 0.502. The molecule has 0 bridgehead atoms. The first-order valence-corrected chi connectivity index (χ1v) is 4.60. The Morgan fingerprint density at radius 2 is 2.17 bits per heavy atom. The van der Waals surface area contributed by atoms with E-state index in [1.54, 1.807) is 0 Å². The summed E-state index contributed by atoms with van der Waals surface area (Å²) in [6.45, 7) is 2.47. The van der Waals surface area contributed by atoms with Gasteiger partial charge < -0.3 is 4.74 Å². The molecule has 0 spiro atoms. The van der Waals surface area contributed by atoms with Crippen molar-refractivity contribution in [1.29, 1.82) is 0 Å². The van der Waals surface area contributed by atoms with Gasteiger partial charge in [-0.15, -0.1) is 11.6 Å². The minimum atomic E-state index is 0.502. The van der Waals surface area contributed by atoms with Crippen LogP contribution in [0.4, 0.5) is 0 Å². The highest BCUT2D eigenvalue weighted by Crippen LogP contribution is 2.20. The van der Waals surface area contributed by atoms with Crippen molar-refractivity contribution in [2.24, 2.45) is 0 Å². The molecule has 0 aliphatic rings. The van der Waals surface area contributed by atoms with Gasteiger partial charge in [0.25, 0.3) is 0 Å². The van der Waals surface area contributed by atoms with Gasteiger partial charge in [-0.1, -0.05) is 11.6 Å². The fraction of sp³-hybridized carbons (Fsp3) is 0.333. The number of rotatable bonds is 3. The number of hydrogen-bond acceptors (Lipinski definition) is 1. The van der Waals surface area contributed by atoms with Gasteiger partial charge in [-0.2, -0.15) is 0 Å². The van der Waals surface area contributed by atoms with Crippen molar-refractivity contribution in [2.75, 3.05) is 12.5 Å². The molecule has 0 aliphatic heterocycles. The topological polar surface area (TPSA) is 9.23 Å². The van der Waals surface area contributed by atoms with Crippen molar-refractivity contribution in [3.63, 3.8) is 0 Å². The van der Waals surface area contributed by atoms with E-state index in [1.165, 1.54) is 0 Å². The molecule has 0 saturated carbocycles. The van der Waals surface area contributed by atoms with E-state index in [2.05, 4.69) is 0 Å². The standard InChI is InChI=1S/C9H10Cl2O/c1-7-6-8(12-5-4-10)2-3-9(7)11/h2-3,6H,4-5H2,1H3. The Balaban J connectivity index is 2.69. The molecule has 0 N–H and O–H groups in total. The summed E-state index contributed by atoms with van der Waals surface area (Å²) < 4.78 is 5.30. The molecule has 0 aromatic heterocycles. The van der Waals surface area contributed by atoms with Crippen LogP contribution >= 0.6 is 23.2 Å². The van der Waals surface area contributed by atoms with Gasteiger partial charge in [0, 0.05) is 5.02 Å². The predicted octanol–water partition coefficient (Wildman–Crippen LogP) is 3.27. The van der Waals surface area contributed by atoms with Gasteiger partial charge in [-0.3, -0.25) is 0 Å². The Labute approximate surface area is 82.2 Å². The lowest BCUT2D eigenvalue weighted by Crippen LogP contribution is -1.97. The molecule has 0 radical (unpaired) electrons. The molecule has 1 nitrogen and oxygen atoms in total. The molecule has 0 aliphatic carbocycles. The lowest BCUT2D eigenvalue weighted by Gasteiger charge is -2.05. The lowest BCUT2D eigenvalue weighted by atomic mass is 10.2. The normalized spacial score (nSPS) is 9.92. The van der Waals surface area contributed by atoms with E-state index in [0.29, 0.717) is 12.5 Å². The summed E-state index contributed by atoms with van der Waals surface area (Å²) in [5.41, 5.74) is 1.02. The molecular formula is C9H10Cl2O. The zero-order valence-corrected chi connectivity index (χ0v) is 8.32. The minimum Gasteiger partial charge on any atom is -0.492 e. The number of benzene rings is 1. The van der Waals surface area contributed by atoms with Gasteiger partial charge in [0.05, 0.1) is 5.88 Å². The van der Waals surface area contributed by atoms with Crippen LogP contribution in [0.5, 0.6) is 5.75 Å². The fourth-order valence-electron chi connectivity index (χ4n) is 0.863. The van der Waals surface area contributed by atoms with E-state index in [-0.39, 0.29) is 0 Å². The third kappa shape index (κ3) is 2.58. The first-order valence-electron chi connectivity index (χ1n) is 3.69. The zero-order chi connectivity index (χ0) is 8.97. The fourth-order valence-corrected chi connectivity index (χ4v) is 1.06. The molecule has 0 fully saturated rings. The SMILES string of the molecule is Cc1cc(OCCCl)ccc1Cl. The maximum absolute atomic E-state index is 5.83. The summed E-state index contributed by atoms with van der Waals surface area (Å²) in [7, 11) is 0. The van der Waals surface area contributed by atoms with Crippen LogP contribution in [-0.4, -0.2) is 12.5 Å². The maximum Gasteiger partial charge on any atom is 0.119 e. The van der Waals surface area contributed by atoms with Crippen molar-refractivity contribution in [1.82, 2.24) is 0 Å². The van der Waals surface area contributed by atoms with E-state index in [0.717, 1.165) is 16.3 Å². The monoisotopic (exact) mass is 204 g/mol. The summed E-state index contributed by atoms with van der Waals surface area (Å²) in [5.74, 6) is 1.32. The zero-order valence-electron chi connectivity index (χ0n) is 6.81. The van der Waals surface area contributed by atoms with Crippen LogP contribution < -0.4 is 4.74 Å². The molecule has 1 rings (SSSR count). The molecule has 66 valence electrons. The van der Waals surface area contributed by atoms with Crippen LogP contribution in [0.25, 0.3) is 0 Å². The summed E-state index contributed by atoms with van der Waals surface area (Å²) >= 11 is 11.3. The van der Waals surface area contributed by atoms with Crippen molar-refractivity contribution >= 4 is 23.2 Å². The number of alkyl halides is 1. The van der Waals surface area contributed by atoms with Gasteiger partial charge in [-0.25, -0.2) is 0 Å². The maximum atomic E-state index is 5.83. The highest BCUT2D eigenvalue weighted by atomic mass is 35.5. The Bertz CT molecular complexity index is 261. The Morgan fingerprint density at radius 1 is 1.42 bits per heavy atom. The first kappa shape index (κ1) is 9.69. The molecule has 1 aromatic carbocycles. The van der Waals surface area contributed by atoms with E-state index < -0.39 is 0 Å². The van der Waals surface area contributed by atoms with Crippen LogP contribution in [-0.2, 0) is 0 Å². The molecule has 0 amide bonds. The van der Waals surface area contributed by atoms with Gasteiger partial charge >= 0.3 is 0 Å². The largest absolute Gasteiger partial charge is 0.492 e. The van der Waals surface area contributed by atoms with Gasteiger partial charge in [-0.05, 0) is 30.7 Å². The Morgan fingerprint density at radius 3 is 2.75 bits per heavy atom. The third-order valence-electron chi connectivity index (χ3n) is 1.48. The molecular weight excluding hydrogens is 195 g/mol. The van der Waals surface area contributed by atoms with Crippen molar-refractivity contribution in [2.45, 2.75) is 6.92 Å². The summed E-state index contributed by atoms with van der Waals surface area (Å²) in [6.07, 6.45) is 0. The molecule has 3 heteroatoms. The third-order valence-corrected chi connectivity index (χ3v) is 2.05. The predicted molar refractivity (Wildman–Crippen MR) is 52.4 cm³/mol. The molecule has 1 aromatic rings. The van der Waals surface area contributed by atoms with E-state index in [4.69, 9.17) is 27.9 Å². The summed E-state index contributed by atoms with van der Waals surface area (Å²) in [4.78, 5) is 0. The Hall–Kier alpha value is -0.400. The summed E-state index contributed by atoms with van der Waals surface area (Å²) in [5, 5.41) is 0.758. The first-order chi connectivity index (χ1) is 5.74. The second-order valence-corrected chi connectivity index (χ2v) is 3.23. The average molecular weight is 205 g/mol. The van der Waals surface area contributed by atoms with Gasteiger partial charge in [0.1, 0.15) is 12.4 Å². The van der Waals surface area contributed by atoms with Crippen molar-refractivity contribution in [3.05, 3.63) is 28.8 Å². The molecule has 0 heterocycles. The Kier molecular flexibility index (Phi) is 3.70. The quantitative estimate of drug-likeness (QED) is 0.688. The van der Waals surface area contributed by atoms with Crippen LogP contribution in [0, 0.1) is 6.92 Å². The number of halogens is 2. The molecule has 0 saturated heterocycles. The van der Waals surface area contributed by atoms with Crippen molar-refractivity contribution < 1.29 is 4.74 Å². The number of aryl methyl sites for hydroxylation is 1. The second kappa shape index (κ2) is 4.58. The molecule has 0 unspecified atom stereocenters. The van der Waals surface area contributed by atoms with E-state index >= 15 is 0 Å². The van der Waals surface area contributed by atoms with Crippen LogP contribution in [0.3, 0.4) is 0 Å². The second-order valence-electron chi connectivity index (χ2n) is 2.45. The average Bonchev–Trinajstić information content (AvgIpc) is 2.07. The molecule has 0 atom stereocenters. The summed E-state index contributed by atoms with van der Waals surface area (Å²) in [6, 6.07) is 5.55. The van der Waals surface area contributed by atoms with E-state index in [9.17, 15) is 0 Å². The lowest BCUT2D eigenvalue weighted by molar-refractivity contribution is 0.342. The highest BCUT2D eigenvalue weighted by molar-refractivity contribution is 6.31. The highest BCUT2D eigenvalue weighted by Gasteiger charge is 1.97. The molecule has 12 heavy (non-hydrogen) atoms. The number of hydrogen-bond donors (Lipinski definition) is 0. The van der Waals surface area contributed by atoms with E-state index in [1.807, 2.05) is 25.1 Å². The number of ether oxygens (including phenoxy) is 1. The smallest absolute Gasteiger partial charge is 0.119 e. The van der Waals surface area contributed by atoms with Crippen LogP contribution in [0.1, 0.15) is 5.56 Å². The van der Waals surface area contributed by atoms with Crippen LogP contribution in [0.2, 0.25) is 5.02 Å². The van der Waals surface area contributed by atoms with Crippen molar-refractivity contribution in [3.8, 4) is 5.75 Å².